The smallest absolute Gasteiger partial charge is 0.0678 e. The van der Waals surface area contributed by atoms with E-state index < -0.39 is 0 Å². The summed E-state index contributed by atoms with van der Waals surface area (Å²) in [5.41, 5.74) is 5.85. The van der Waals surface area contributed by atoms with Gasteiger partial charge in [-0.15, -0.1) is 0 Å². The van der Waals surface area contributed by atoms with Crippen LogP contribution in [0, 0.1) is 0 Å². The number of nitrogens with zero attached hydrogens (tertiary/aromatic N) is 1. The van der Waals surface area contributed by atoms with Crippen LogP contribution in [-0.4, -0.2) is 42.3 Å². The van der Waals surface area contributed by atoms with Gasteiger partial charge in [0.05, 0.1) is 12.2 Å². The van der Waals surface area contributed by atoms with Crippen molar-refractivity contribution in [2.75, 3.05) is 19.6 Å². The van der Waals surface area contributed by atoms with Gasteiger partial charge >= 0.3 is 0 Å². The maximum absolute atomic E-state index is 5.75. The molecule has 1 fully saturated rings. The summed E-state index contributed by atoms with van der Waals surface area (Å²) in [5.74, 6) is 0. The lowest BCUT2D eigenvalue weighted by Crippen LogP contribution is -2.57. The van der Waals surface area contributed by atoms with Crippen LogP contribution in [0.4, 0.5) is 0 Å². The summed E-state index contributed by atoms with van der Waals surface area (Å²) < 4.78 is 5.67. The van der Waals surface area contributed by atoms with Crippen molar-refractivity contribution in [1.82, 2.24) is 4.90 Å². The highest BCUT2D eigenvalue weighted by Gasteiger charge is 2.31. The fraction of sp³-hybridized carbons (Fsp3) is 1.00. The molecule has 0 aliphatic carbocycles. The third-order valence-electron chi connectivity index (χ3n) is 2.78. The van der Waals surface area contributed by atoms with Gasteiger partial charge in [0.15, 0.2) is 0 Å². The number of morpholine rings is 1. The predicted molar refractivity (Wildman–Crippen MR) is 54.7 cm³/mol. The molecule has 2 atom stereocenters. The minimum Gasteiger partial charge on any atom is -0.373 e. The first-order valence-corrected chi connectivity index (χ1v) is 5.06. The second-order valence-corrected chi connectivity index (χ2v) is 4.68. The summed E-state index contributed by atoms with van der Waals surface area (Å²) >= 11 is 0. The van der Waals surface area contributed by atoms with Crippen molar-refractivity contribution in [3.8, 4) is 0 Å². The van der Waals surface area contributed by atoms with Crippen molar-refractivity contribution in [2.45, 2.75) is 45.4 Å². The normalized spacial score (nSPS) is 32.1. The summed E-state index contributed by atoms with van der Waals surface area (Å²) in [5, 5.41) is 0. The van der Waals surface area contributed by atoms with Crippen molar-refractivity contribution >= 4 is 0 Å². The first-order valence-electron chi connectivity index (χ1n) is 5.06. The van der Waals surface area contributed by atoms with Crippen molar-refractivity contribution in [1.29, 1.82) is 0 Å². The molecular weight excluding hydrogens is 164 g/mol. The molecule has 0 aromatic carbocycles. The van der Waals surface area contributed by atoms with Crippen molar-refractivity contribution in [3.63, 3.8) is 0 Å². The molecule has 1 rings (SSSR count). The number of ether oxygens (including phenoxy) is 1. The van der Waals surface area contributed by atoms with Gasteiger partial charge in [0.25, 0.3) is 0 Å². The predicted octanol–water partition coefficient (Wildman–Crippen LogP) is 0.833. The van der Waals surface area contributed by atoms with E-state index >= 15 is 0 Å². The zero-order chi connectivity index (χ0) is 10.1. The monoisotopic (exact) mass is 186 g/mol. The molecule has 0 amide bonds. The molecule has 1 heterocycles. The minimum atomic E-state index is 0.103. The van der Waals surface area contributed by atoms with Crippen molar-refractivity contribution in [2.24, 2.45) is 5.73 Å². The average Bonchev–Trinajstić information content (AvgIpc) is 2.02. The van der Waals surface area contributed by atoms with E-state index in [1.807, 2.05) is 0 Å². The molecule has 3 nitrogen and oxygen atoms in total. The topological polar surface area (TPSA) is 38.5 Å². The summed E-state index contributed by atoms with van der Waals surface area (Å²) in [6, 6.07) is 0. The second-order valence-electron chi connectivity index (χ2n) is 4.68. The van der Waals surface area contributed by atoms with Crippen LogP contribution in [0.25, 0.3) is 0 Å². The molecule has 0 aromatic rings. The Kier molecular flexibility index (Phi) is 3.33. The summed E-state index contributed by atoms with van der Waals surface area (Å²) in [6.07, 6.45) is 0.657. The van der Waals surface area contributed by atoms with E-state index in [-0.39, 0.29) is 5.54 Å². The molecule has 2 unspecified atom stereocenters. The minimum absolute atomic E-state index is 0.103. The Morgan fingerprint density at radius 2 is 1.77 bits per heavy atom. The van der Waals surface area contributed by atoms with E-state index in [1.165, 1.54) is 0 Å². The van der Waals surface area contributed by atoms with Crippen LogP contribution in [0.1, 0.15) is 27.7 Å². The van der Waals surface area contributed by atoms with E-state index in [9.17, 15) is 0 Å². The van der Waals surface area contributed by atoms with Crippen LogP contribution in [-0.2, 0) is 4.74 Å². The van der Waals surface area contributed by atoms with Gasteiger partial charge in [0.2, 0.25) is 0 Å². The highest BCUT2D eigenvalue weighted by Crippen LogP contribution is 2.19. The molecule has 78 valence electrons. The lowest BCUT2D eigenvalue weighted by atomic mass is 10.0. The average molecular weight is 186 g/mol. The molecule has 0 bridgehead atoms. The standard InChI is InChI=1S/C10H22N2O/c1-8-5-12(6-9(2)13-8)10(3,4)7-11/h8-9H,5-7,11H2,1-4H3. The van der Waals surface area contributed by atoms with Gasteiger partial charge in [-0.05, 0) is 27.7 Å². The van der Waals surface area contributed by atoms with Gasteiger partial charge in [-0.2, -0.15) is 0 Å². The Hall–Kier alpha value is -0.120. The Labute approximate surface area is 81.2 Å². The van der Waals surface area contributed by atoms with Crippen LogP contribution in [0.15, 0.2) is 0 Å². The van der Waals surface area contributed by atoms with Crippen molar-refractivity contribution < 1.29 is 4.74 Å². The van der Waals surface area contributed by atoms with Gasteiger partial charge in [-0.25, -0.2) is 0 Å². The van der Waals surface area contributed by atoms with Crippen LogP contribution in [0.5, 0.6) is 0 Å². The van der Waals surface area contributed by atoms with Gasteiger partial charge in [0.1, 0.15) is 0 Å². The lowest BCUT2D eigenvalue weighted by Gasteiger charge is -2.44. The fourth-order valence-electron chi connectivity index (χ4n) is 1.80. The van der Waals surface area contributed by atoms with Gasteiger partial charge < -0.3 is 10.5 Å². The fourth-order valence-corrected chi connectivity index (χ4v) is 1.80. The summed E-state index contributed by atoms with van der Waals surface area (Å²) in [6.45, 7) is 11.3. The maximum Gasteiger partial charge on any atom is 0.0678 e. The van der Waals surface area contributed by atoms with Gasteiger partial charge in [-0.3, -0.25) is 4.90 Å². The number of nitrogens with two attached hydrogens (primary N) is 1. The van der Waals surface area contributed by atoms with E-state index in [4.69, 9.17) is 10.5 Å². The number of hydrogen-bond donors (Lipinski definition) is 1. The zero-order valence-electron chi connectivity index (χ0n) is 9.21. The summed E-state index contributed by atoms with van der Waals surface area (Å²) in [4.78, 5) is 2.42. The third-order valence-corrected chi connectivity index (χ3v) is 2.78. The molecule has 2 N–H and O–H groups in total. The number of hydrogen-bond acceptors (Lipinski definition) is 3. The first-order chi connectivity index (χ1) is 5.95. The van der Waals surface area contributed by atoms with E-state index in [0.29, 0.717) is 18.8 Å². The van der Waals surface area contributed by atoms with E-state index in [2.05, 4.69) is 32.6 Å². The highest BCUT2D eigenvalue weighted by atomic mass is 16.5. The molecule has 3 heteroatoms. The van der Waals surface area contributed by atoms with Crippen LogP contribution < -0.4 is 5.73 Å². The van der Waals surface area contributed by atoms with Crippen molar-refractivity contribution in [3.05, 3.63) is 0 Å². The molecular formula is C10H22N2O. The lowest BCUT2D eigenvalue weighted by molar-refractivity contribution is -0.0939. The van der Waals surface area contributed by atoms with Crippen LogP contribution >= 0.6 is 0 Å². The Morgan fingerprint density at radius 3 is 2.15 bits per heavy atom. The quantitative estimate of drug-likeness (QED) is 0.694. The molecule has 1 aliphatic heterocycles. The molecule has 0 aromatic heterocycles. The van der Waals surface area contributed by atoms with Gasteiger partial charge in [-0.1, -0.05) is 0 Å². The van der Waals surface area contributed by atoms with E-state index in [1.54, 1.807) is 0 Å². The van der Waals surface area contributed by atoms with Crippen LogP contribution in [0.3, 0.4) is 0 Å². The SMILES string of the molecule is CC1CN(C(C)(C)CN)CC(C)O1. The molecule has 0 spiro atoms. The second kappa shape index (κ2) is 3.95. The molecule has 0 radical (unpaired) electrons. The third kappa shape index (κ3) is 2.66. The first kappa shape index (κ1) is 11.0. The Balaban J connectivity index is 2.59. The summed E-state index contributed by atoms with van der Waals surface area (Å²) in [7, 11) is 0. The Bertz CT molecular complexity index is 160. The number of rotatable bonds is 2. The molecule has 0 saturated carbocycles. The molecule has 13 heavy (non-hydrogen) atoms. The van der Waals surface area contributed by atoms with Crippen LogP contribution in [0.2, 0.25) is 0 Å². The maximum atomic E-state index is 5.75. The molecule has 1 aliphatic rings. The largest absolute Gasteiger partial charge is 0.373 e. The zero-order valence-corrected chi connectivity index (χ0v) is 9.21. The van der Waals surface area contributed by atoms with Gasteiger partial charge in [0, 0.05) is 25.2 Å². The highest BCUT2D eigenvalue weighted by molar-refractivity contribution is 4.87. The van der Waals surface area contributed by atoms with E-state index in [0.717, 1.165) is 13.1 Å². The molecule has 1 saturated heterocycles. The Morgan fingerprint density at radius 1 is 1.31 bits per heavy atom.